The number of hydrazone groups is 1. The molecule has 0 aliphatic carbocycles. The first-order valence-corrected chi connectivity index (χ1v) is 12.7. The molecular weight excluding hydrogens is 498 g/mol. The molecule has 37 heavy (non-hydrogen) atoms. The molecule has 0 fully saturated rings. The van der Waals surface area contributed by atoms with Crippen LogP contribution in [0.4, 0.5) is 17.2 Å². The Morgan fingerprint density at radius 1 is 1.08 bits per heavy atom. The van der Waals surface area contributed by atoms with E-state index >= 15 is 0 Å². The monoisotopic (exact) mass is 521 g/mol. The highest BCUT2D eigenvalue weighted by atomic mass is 32.2. The normalized spacial score (nSPS) is 15.6. The van der Waals surface area contributed by atoms with E-state index in [0.29, 0.717) is 17.2 Å². The Labute approximate surface area is 213 Å². The van der Waals surface area contributed by atoms with Crippen LogP contribution in [-0.2, 0) is 24.3 Å². The zero-order valence-electron chi connectivity index (χ0n) is 20.2. The first-order valence-electron chi connectivity index (χ1n) is 11.2. The van der Waals surface area contributed by atoms with Crippen molar-refractivity contribution >= 4 is 44.8 Å². The number of ether oxygens (including phenoxy) is 1. The van der Waals surface area contributed by atoms with Crippen molar-refractivity contribution in [2.75, 3.05) is 16.3 Å². The van der Waals surface area contributed by atoms with Crippen molar-refractivity contribution in [3.8, 4) is 0 Å². The largest absolute Gasteiger partial charge is 0.461 e. The van der Waals surface area contributed by atoms with Gasteiger partial charge in [0.05, 0.1) is 22.9 Å². The Hall–Kier alpha value is -4.52. The molecule has 2 aromatic carbocycles. The van der Waals surface area contributed by atoms with E-state index in [0.717, 1.165) is 5.01 Å². The standard InChI is InChI=1S/C24H23N7O5S/c1-4-36-24(33)22-21(23(32)31(29-22)18-8-6-5-7-9-18)28-27-17-10-12-19(13-11-17)37(34,35)30-20-14-15(2)25-16(3)26-20/h5-14,21H,4H2,1-3H3,(H,25,26,30). The summed E-state index contributed by atoms with van der Waals surface area (Å²) in [7, 11) is -3.92. The fraction of sp³-hybridized carbons (Fsp3) is 0.208. The van der Waals surface area contributed by atoms with Gasteiger partial charge in [0, 0.05) is 11.8 Å². The molecule has 1 aliphatic heterocycles. The van der Waals surface area contributed by atoms with Gasteiger partial charge in [0.25, 0.3) is 15.9 Å². The van der Waals surface area contributed by atoms with Crippen molar-refractivity contribution in [1.82, 2.24) is 9.97 Å². The summed E-state index contributed by atoms with van der Waals surface area (Å²) < 4.78 is 32.9. The number of hydrogen-bond acceptors (Lipinski definition) is 10. The maximum Gasteiger partial charge on any atom is 0.357 e. The average Bonchev–Trinajstić information content (AvgIpc) is 3.19. The Morgan fingerprint density at radius 3 is 2.43 bits per heavy atom. The highest BCUT2D eigenvalue weighted by molar-refractivity contribution is 7.92. The van der Waals surface area contributed by atoms with Gasteiger partial charge in [-0.25, -0.2) is 23.2 Å². The molecule has 0 spiro atoms. The number of aryl methyl sites for hydroxylation is 2. The van der Waals surface area contributed by atoms with E-state index < -0.39 is 27.9 Å². The molecule has 1 N–H and O–H groups in total. The van der Waals surface area contributed by atoms with E-state index in [1.807, 2.05) is 0 Å². The number of azo groups is 1. The molecule has 0 bridgehead atoms. The molecule has 2 heterocycles. The Morgan fingerprint density at radius 2 is 1.78 bits per heavy atom. The lowest BCUT2D eigenvalue weighted by molar-refractivity contribution is -0.135. The van der Waals surface area contributed by atoms with Crippen LogP contribution >= 0.6 is 0 Å². The second-order valence-electron chi connectivity index (χ2n) is 7.85. The second-order valence-corrected chi connectivity index (χ2v) is 9.53. The molecular formula is C24H23N7O5S. The Balaban J connectivity index is 1.54. The summed E-state index contributed by atoms with van der Waals surface area (Å²) in [6, 6.07) is 14.3. The maximum absolute atomic E-state index is 13.0. The van der Waals surface area contributed by atoms with E-state index in [4.69, 9.17) is 4.74 Å². The number of hydrogen-bond donors (Lipinski definition) is 1. The van der Waals surface area contributed by atoms with Crippen LogP contribution in [-0.4, -0.2) is 48.6 Å². The summed E-state index contributed by atoms with van der Waals surface area (Å²) in [6.07, 6.45) is 0. The van der Waals surface area contributed by atoms with Gasteiger partial charge in [-0.3, -0.25) is 9.52 Å². The SMILES string of the molecule is CCOC(=O)C1=NN(c2ccccc2)C(=O)C1N=Nc1ccc(S(=O)(=O)Nc2cc(C)nc(C)n2)cc1. The Bertz CT molecular complexity index is 1470. The highest BCUT2D eigenvalue weighted by Crippen LogP contribution is 2.25. The first kappa shape index (κ1) is 25.6. The fourth-order valence-corrected chi connectivity index (χ4v) is 4.43. The minimum absolute atomic E-state index is 0.0265. The van der Waals surface area contributed by atoms with Crippen molar-refractivity contribution < 1.29 is 22.7 Å². The number of carbonyl (C=O) groups is 2. The van der Waals surface area contributed by atoms with Crippen LogP contribution in [0.15, 0.2) is 80.9 Å². The van der Waals surface area contributed by atoms with Crippen molar-refractivity contribution in [3.63, 3.8) is 0 Å². The summed E-state index contributed by atoms with van der Waals surface area (Å²) in [5, 5.41) is 13.3. The van der Waals surface area contributed by atoms with Crippen LogP contribution in [0, 0.1) is 13.8 Å². The predicted molar refractivity (Wildman–Crippen MR) is 135 cm³/mol. The molecule has 190 valence electrons. The molecule has 1 aromatic heterocycles. The number of nitrogens with zero attached hydrogens (tertiary/aromatic N) is 6. The summed E-state index contributed by atoms with van der Waals surface area (Å²) in [5.41, 5.74) is 1.15. The van der Waals surface area contributed by atoms with Crippen LogP contribution in [0.1, 0.15) is 18.4 Å². The van der Waals surface area contributed by atoms with Crippen LogP contribution < -0.4 is 9.73 Å². The summed E-state index contributed by atoms with van der Waals surface area (Å²) in [5.74, 6) is -0.758. The van der Waals surface area contributed by atoms with Gasteiger partial charge in [-0.05, 0) is 57.2 Å². The fourth-order valence-electron chi connectivity index (χ4n) is 3.44. The van der Waals surface area contributed by atoms with Gasteiger partial charge in [-0.15, -0.1) is 0 Å². The number of benzene rings is 2. The van der Waals surface area contributed by atoms with Gasteiger partial charge in [-0.2, -0.15) is 20.3 Å². The van der Waals surface area contributed by atoms with Crippen molar-refractivity contribution in [2.24, 2.45) is 15.3 Å². The molecule has 0 saturated carbocycles. The van der Waals surface area contributed by atoms with E-state index in [2.05, 4.69) is 30.0 Å². The number of rotatable bonds is 8. The first-order chi connectivity index (χ1) is 17.7. The molecule has 0 saturated heterocycles. The van der Waals surface area contributed by atoms with Crippen LogP contribution in [0.3, 0.4) is 0 Å². The quantitative estimate of drug-likeness (QED) is 0.352. The molecule has 13 heteroatoms. The van der Waals surface area contributed by atoms with Crippen LogP contribution in [0.5, 0.6) is 0 Å². The van der Waals surface area contributed by atoms with Gasteiger partial charge >= 0.3 is 5.97 Å². The number of amides is 1. The third-order valence-electron chi connectivity index (χ3n) is 5.04. The molecule has 12 nitrogen and oxygen atoms in total. The van der Waals surface area contributed by atoms with Crippen LogP contribution in [0.25, 0.3) is 0 Å². The number of para-hydroxylation sites is 1. The molecule has 1 atom stereocenters. The summed E-state index contributed by atoms with van der Waals surface area (Å²) in [6.45, 7) is 5.13. The van der Waals surface area contributed by atoms with E-state index in [1.165, 1.54) is 30.3 Å². The molecule has 1 aliphatic rings. The lowest BCUT2D eigenvalue weighted by atomic mass is 10.2. The number of nitrogens with one attached hydrogen (secondary N) is 1. The van der Waals surface area contributed by atoms with Gasteiger partial charge in [0.2, 0.25) is 6.04 Å². The average molecular weight is 522 g/mol. The molecule has 4 rings (SSSR count). The van der Waals surface area contributed by atoms with E-state index in [9.17, 15) is 18.0 Å². The topological polar surface area (TPSA) is 156 Å². The number of anilines is 2. The summed E-state index contributed by atoms with van der Waals surface area (Å²) >= 11 is 0. The smallest absolute Gasteiger partial charge is 0.357 e. The van der Waals surface area contributed by atoms with E-state index in [1.54, 1.807) is 51.1 Å². The van der Waals surface area contributed by atoms with Crippen molar-refractivity contribution in [1.29, 1.82) is 0 Å². The van der Waals surface area contributed by atoms with Gasteiger partial charge in [-0.1, -0.05) is 18.2 Å². The number of carbonyl (C=O) groups excluding carboxylic acids is 2. The molecule has 3 aromatic rings. The Kier molecular flexibility index (Phi) is 7.34. The lowest BCUT2D eigenvalue weighted by Gasteiger charge is -2.11. The minimum atomic E-state index is -3.92. The molecule has 0 radical (unpaired) electrons. The zero-order valence-corrected chi connectivity index (χ0v) is 21.0. The number of aromatic nitrogens is 2. The number of esters is 1. The van der Waals surface area contributed by atoms with Crippen LogP contribution in [0.2, 0.25) is 0 Å². The molecule has 1 unspecified atom stereocenters. The molecule has 1 amide bonds. The maximum atomic E-state index is 13.0. The number of sulfonamides is 1. The minimum Gasteiger partial charge on any atom is -0.461 e. The van der Waals surface area contributed by atoms with Gasteiger partial charge in [0.15, 0.2) is 5.71 Å². The summed E-state index contributed by atoms with van der Waals surface area (Å²) in [4.78, 5) is 33.6. The predicted octanol–water partition coefficient (Wildman–Crippen LogP) is 3.31. The van der Waals surface area contributed by atoms with Crippen molar-refractivity contribution in [2.45, 2.75) is 31.7 Å². The highest BCUT2D eigenvalue weighted by Gasteiger charge is 2.41. The van der Waals surface area contributed by atoms with Gasteiger partial charge in [0.1, 0.15) is 11.6 Å². The zero-order chi connectivity index (χ0) is 26.6. The third kappa shape index (κ3) is 5.83. The third-order valence-corrected chi connectivity index (χ3v) is 6.41. The van der Waals surface area contributed by atoms with Gasteiger partial charge < -0.3 is 4.74 Å². The van der Waals surface area contributed by atoms with E-state index in [-0.39, 0.29) is 28.7 Å². The van der Waals surface area contributed by atoms with Crippen molar-refractivity contribution in [3.05, 3.63) is 72.2 Å². The lowest BCUT2D eigenvalue weighted by Crippen LogP contribution is -2.33. The second kappa shape index (κ2) is 10.6.